The van der Waals surface area contributed by atoms with Crippen molar-refractivity contribution in [3.8, 4) is 11.3 Å². The molecule has 0 bridgehead atoms. The zero-order valence-corrected chi connectivity index (χ0v) is 18.5. The smallest absolute Gasteiger partial charge is 0.253 e. The second-order valence-electron chi connectivity index (χ2n) is 8.89. The summed E-state index contributed by atoms with van der Waals surface area (Å²) in [5.41, 5.74) is 1.78. The summed E-state index contributed by atoms with van der Waals surface area (Å²) in [4.78, 5) is 31.8. The zero-order valence-electron chi connectivity index (χ0n) is 18.5. The van der Waals surface area contributed by atoms with E-state index in [-0.39, 0.29) is 29.6 Å². The Labute approximate surface area is 188 Å². The molecule has 1 aliphatic carbocycles. The highest BCUT2D eigenvalue weighted by atomic mass is 19.1. The van der Waals surface area contributed by atoms with Gasteiger partial charge in [0.25, 0.3) is 5.91 Å². The minimum atomic E-state index is -0.317. The van der Waals surface area contributed by atoms with Crippen molar-refractivity contribution < 1.29 is 14.0 Å². The van der Waals surface area contributed by atoms with Crippen LogP contribution in [0.3, 0.4) is 0 Å². The topological polar surface area (TPSA) is 74.3 Å². The van der Waals surface area contributed by atoms with Crippen LogP contribution < -0.4 is 10.6 Å². The lowest BCUT2D eigenvalue weighted by Gasteiger charge is -2.36. The molecule has 6 nitrogen and oxygen atoms in total. The Kier molecular flexibility index (Phi) is 7.15. The normalized spacial score (nSPS) is 21.7. The van der Waals surface area contributed by atoms with E-state index < -0.39 is 0 Å². The maximum atomic E-state index is 13.4. The van der Waals surface area contributed by atoms with Gasteiger partial charge in [0, 0.05) is 36.8 Å². The van der Waals surface area contributed by atoms with E-state index in [1.807, 2.05) is 11.9 Å². The predicted molar refractivity (Wildman–Crippen MR) is 122 cm³/mol. The molecule has 170 valence electrons. The summed E-state index contributed by atoms with van der Waals surface area (Å²) in [7, 11) is 1.94. The maximum Gasteiger partial charge on any atom is 0.253 e. The van der Waals surface area contributed by atoms with E-state index in [4.69, 9.17) is 0 Å². The highest BCUT2D eigenvalue weighted by molar-refractivity contribution is 5.94. The van der Waals surface area contributed by atoms with Gasteiger partial charge in [0.05, 0.1) is 11.3 Å². The SMILES string of the molecule is CN(C(=O)[C@H]1CC[C@H](NC(=O)c2ccc(-c3cccc(F)c3)nc2)CC1)C1CCNCC1. The van der Waals surface area contributed by atoms with E-state index in [1.54, 1.807) is 24.3 Å². The number of benzene rings is 1. The van der Waals surface area contributed by atoms with Crippen molar-refractivity contribution in [1.29, 1.82) is 0 Å². The van der Waals surface area contributed by atoms with E-state index in [2.05, 4.69) is 15.6 Å². The van der Waals surface area contributed by atoms with Gasteiger partial charge in [-0.15, -0.1) is 0 Å². The number of halogens is 1. The van der Waals surface area contributed by atoms with Crippen molar-refractivity contribution in [3.63, 3.8) is 0 Å². The number of hydrogen-bond acceptors (Lipinski definition) is 4. The summed E-state index contributed by atoms with van der Waals surface area (Å²) >= 11 is 0. The lowest BCUT2D eigenvalue weighted by atomic mass is 9.84. The number of amides is 2. The highest BCUT2D eigenvalue weighted by Gasteiger charge is 2.31. The first-order chi connectivity index (χ1) is 15.5. The van der Waals surface area contributed by atoms with Crippen LogP contribution in [0.2, 0.25) is 0 Å². The Hall–Kier alpha value is -2.80. The van der Waals surface area contributed by atoms with Gasteiger partial charge in [-0.25, -0.2) is 4.39 Å². The molecule has 2 aromatic rings. The van der Waals surface area contributed by atoms with E-state index in [9.17, 15) is 14.0 Å². The third-order valence-corrected chi connectivity index (χ3v) is 6.76. The molecule has 4 rings (SSSR count). The third kappa shape index (κ3) is 5.33. The van der Waals surface area contributed by atoms with E-state index in [1.165, 1.54) is 18.3 Å². The van der Waals surface area contributed by atoms with Crippen LogP contribution in [-0.2, 0) is 4.79 Å². The van der Waals surface area contributed by atoms with Crippen molar-refractivity contribution in [2.45, 2.75) is 50.6 Å². The standard InChI is InChI=1S/C25H31FN4O2/c1-30(22-11-13-27-14-12-22)25(32)17-5-8-21(9-6-17)29-24(31)19-7-10-23(28-16-19)18-3-2-4-20(26)15-18/h2-4,7,10,15-17,21-22,27H,5-6,8-9,11-14H2,1H3,(H,29,31)/t17-,21-. The van der Waals surface area contributed by atoms with Crippen molar-refractivity contribution in [1.82, 2.24) is 20.5 Å². The third-order valence-electron chi connectivity index (χ3n) is 6.76. The molecule has 0 atom stereocenters. The largest absolute Gasteiger partial charge is 0.349 e. The molecule has 2 amide bonds. The van der Waals surface area contributed by atoms with E-state index in [0.29, 0.717) is 22.9 Å². The molecule has 1 aromatic heterocycles. The maximum absolute atomic E-state index is 13.4. The van der Waals surface area contributed by atoms with Crippen LogP contribution in [-0.4, -0.2) is 53.9 Å². The molecule has 32 heavy (non-hydrogen) atoms. The Morgan fingerprint density at radius 3 is 2.47 bits per heavy atom. The number of nitrogens with zero attached hydrogens (tertiary/aromatic N) is 2. The summed E-state index contributed by atoms with van der Waals surface area (Å²) in [6.07, 6.45) is 6.76. The van der Waals surface area contributed by atoms with Gasteiger partial charge in [-0.3, -0.25) is 14.6 Å². The quantitative estimate of drug-likeness (QED) is 0.751. The summed E-state index contributed by atoms with van der Waals surface area (Å²) in [5, 5.41) is 6.42. The fraction of sp³-hybridized carbons (Fsp3) is 0.480. The van der Waals surface area contributed by atoms with Crippen LogP contribution in [0.4, 0.5) is 4.39 Å². The monoisotopic (exact) mass is 438 g/mol. The Morgan fingerprint density at radius 1 is 1.06 bits per heavy atom. The molecular formula is C25H31FN4O2. The molecule has 2 heterocycles. The van der Waals surface area contributed by atoms with Crippen LogP contribution in [0.5, 0.6) is 0 Å². The molecule has 1 saturated carbocycles. The summed E-state index contributed by atoms with van der Waals surface area (Å²) in [6, 6.07) is 10.1. The summed E-state index contributed by atoms with van der Waals surface area (Å²) < 4.78 is 13.4. The average molecular weight is 439 g/mol. The number of carbonyl (C=O) groups is 2. The molecule has 0 spiro atoms. The number of nitrogens with one attached hydrogen (secondary N) is 2. The van der Waals surface area contributed by atoms with E-state index in [0.717, 1.165) is 51.6 Å². The fourth-order valence-electron chi connectivity index (χ4n) is 4.76. The Bertz CT molecular complexity index is 935. The van der Waals surface area contributed by atoms with Crippen molar-refractivity contribution in [2.24, 2.45) is 5.92 Å². The van der Waals surface area contributed by atoms with Gasteiger partial charge in [0.15, 0.2) is 0 Å². The first kappa shape index (κ1) is 22.4. The first-order valence-electron chi connectivity index (χ1n) is 11.5. The number of aromatic nitrogens is 1. The average Bonchev–Trinajstić information content (AvgIpc) is 2.84. The number of hydrogen-bond donors (Lipinski definition) is 2. The molecule has 0 radical (unpaired) electrons. The molecule has 0 unspecified atom stereocenters. The van der Waals surface area contributed by atoms with E-state index >= 15 is 0 Å². The van der Waals surface area contributed by atoms with Crippen LogP contribution in [0.15, 0.2) is 42.6 Å². The molecule has 1 aromatic carbocycles. The fourth-order valence-corrected chi connectivity index (χ4v) is 4.76. The van der Waals surface area contributed by atoms with Crippen LogP contribution in [0.1, 0.15) is 48.9 Å². The highest BCUT2D eigenvalue weighted by Crippen LogP contribution is 2.27. The predicted octanol–water partition coefficient (Wildman–Crippen LogP) is 3.39. The van der Waals surface area contributed by atoms with Gasteiger partial charge in [-0.2, -0.15) is 0 Å². The summed E-state index contributed by atoms with van der Waals surface area (Å²) in [5.74, 6) is -0.180. The zero-order chi connectivity index (χ0) is 22.5. The number of pyridine rings is 1. The molecule has 1 saturated heterocycles. The minimum Gasteiger partial charge on any atom is -0.349 e. The van der Waals surface area contributed by atoms with Crippen molar-refractivity contribution >= 4 is 11.8 Å². The van der Waals surface area contributed by atoms with Gasteiger partial charge in [0.2, 0.25) is 5.91 Å². The lowest BCUT2D eigenvalue weighted by molar-refractivity contribution is -0.137. The molecule has 7 heteroatoms. The lowest BCUT2D eigenvalue weighted by Crippen LogP contribution is -2.47. The number of piperidine rings is 1. The minimum absolute atomic E-state index is 0.0512. The van der Waals surface area contributed by atoms with Gasteiger partial charge in [-0.05, 0) is 75.9 Å². The Balaban J connectivity index is 1.27. The molecule has 2 fully saturated rings. The molecular weight excluding hydrogens is 407 g/mol. The van der Waals surface area contributed by atoms with Gasteiger partial charge in [-0.1, -0.05) is 12.1 Å². The number of rotatable bonds is 5. The summed E-state index contributed by atoms with van der Waals surface area (Å²) in [6.45, 7) is 1.94. The van der Waals surface area contributed by atoms with Gasteiger partial charge >= 0.3 is 0 Å². The van der Waals surface area contributed by atoms with Crippen molar-refractivity contribution in [3.05, 3.63) is 54.0 Å². The number of carbonyl (C=O) groups excluding carboxylic acids is 2. The molecule has 2 N–H and O–H groups in total. The van der Waals surface area contributed by atoms with Crippen LogP contribution in [0.25, 0.3) is 11.3 Å². The molecule has 1 aliphatic heterocycles. The van der Waals surface area contributed by atoms with Gasteiger partial charge in [0.1, 0.15) is 5.82 Å². The Morgan fingerprint density at radius 2 is 1.81 bits per heavy atom. The molecule has 2 aliphatic rings. The second kappa shape index (κ2) is 10.2. The van der Waals surface area contributed by atoms with Crippen LogP contribution in [0, 0.1) is 11.7 Å². The van der Waals surface area contributed by atoms with Gasteiger partial charge < -0.3 is 15.5 Å². The second-order valence-corrected chi connectivity index (χ2v) is 8.89. The first-order valence-corrected chi connectivity index (χ1v) is 11.5. The van der Waals surface area contributed by atoms with Crippen molar-refractivity contribution in [2.75, 3.05) is 20.1 Å². The van der Waals surface area contributed by atoms with Crippen LogP contribution >= 0.6 is 0 Å².